The Morgan fingerprint density at radius 3 is 2.65 bits per heavy atom. The SMILES string of the molecule is Cc1ccc(C2CCCN2C(=O)CCc2c(C)nc3c4ccccc4nn3c2C)cc1. The van der Waals surface area contributed by atoms with Gasteiger partial charge in [0.2, 0.25) is 5.91 Å². The van der Waals surface area contributed by atoms with Crippen molar-refractivity contribution in [3.8, 4) is 0 Å². The smallest absolute Gasteiger partial charge is 0.223 e. The van der Waals surface area contributed by atoms with Gasteiger partial charge in [-0.25, -0.2) is 9.50 Å². The molecule has 31 heavy (non-hydrogen) atoms. The van der Waals surface area contributed by atoms with Crippen molar-refractivity contribution < 1.29 is 4.79 Å². The summed E-state index contributed by atoms with van der Waals surface area (Å²) in [5.41, 5.74) is 7.51. The molecule has 1 amide bonds. The van der Waals surface area contributed by atoms with Crippen molar-refractivity contribution in [1.82, 2.24) is 19.5 Å². The quantitative estimate of drug-likeness (QED) is 0.468. The summed E-state index contributed by atoms with van der Waals surface area (Å²) in [5, 5.41) is 5.80. The Hall–Kier alpha value is -3.21. The molecule has 0 bridgehead atoms. The number of nitrogens with zero attached hydrogens (tertiary/aromatic N) is 4. The molecule has 2 aromatic heterocycles. The summed E-state index contributed by atoms with van der Waals surface area (Å²) in [6, 6.07) is 16.9. The lowest BCUT2D eigenvalue weighted by Crippen LogP contribution is -2.30. The Balaban J connectivity index is 1.38. The van der Waals surface area contributed by atoms with Crippen LogP contribution < -0.4 is 0 Å². The van der Waals surface area contributed by atoms with E-state index in [1.165, 1.54) is 11.1 Å². The van der Waals surface area contributed by atoms with Crippen molar-refractivity contribution in [2.75, 3.05) is 6.54 Å². The molecule has 5 rings (SSSR count). The van der Waals surface area contributed by atoms with Crippen LogP contribution in [0.25, 0.3) is 16.6 Å². The summed E-state index contributed by atoms with van der Waals surface area (Å²) in [5.74, 6) is 0.229. The minimum atomic E-state index is 0.201. The number of hydrogen-bond donors (Lipinski definition) is 0. The Labute approximate surface area is 182 Å². The number of likely N-dealkylation sites (tertiary alicyclic amines) is 1. The molecule has 5 nitrogen and oxygen atoms in total. The number of carbonyl (C=O) groups excluding carboxylic acids is 1. The molecule has 0 saturated carbocycles. The summed E-state index contributed by atoms with van der Waals surface area (Å²) >= 11 is 0. The van der Waals surface area contributed by atoms with E-state index in [2.05, 4.69) is 49.1 Å². The molecule has 0 aliphatic carbocycles. The Bertz CT molecular complexity index is 1270. The Morgan fingerprint density at radius 2 is 1.84 bits per heavy atom. The Morgan fingerprint density at radius 1 is 1.06 bits per heavy atom. The van der Waals surface area contributed by atoms with Gasteiger partial charge in [-0.2, -0.15) is 5.10 Å². The molecule has 1 fully saturated rings. The maximum absolute atomic E-state index is 13.2. The Kier molecular flexibility index (Phi) is 4.97. The number of benzene rings is 2. The van der Waals surface area contributed by atoms with Crippen molar-refractivity contribution >= 4 is 22.5 Å². The maximum atomic E-state index is 13.2. The van der Waals surface area contributed by atoms with E-state index in [1.54, 1.807) is 0 Å². The molecule has 158 valence electrons. The number of aryl methyl sites for hydroxylation is 3. The number of hydrogen-bond acceptors (Lipinski definition) is 3. The lowest BCUT2D eigenvalue weighted by Gasteiger charge is -2.25. The molecule has 1 aliphatic heterocycles. The largest absolute Gasteiger partial charge is 0.336 e. The highest BCUT2D eigenvalue weighted by atomic mass is 16.2. The van der Waals surface area contributed by atoms with Crippen LogP contribution in [-0.4, -0.2) is 31.9 Å². The first-order valence-corrected chi connectivity index (χ1v) is 11.1. The average Bonchev–Trinajstić information content (AvgIpc) is 3.39. The van der Waals surface area contributed by atoms with E-state index in [0.717, 1.165) is 52.9 Å². The van der Waals surface area contributed by atoms with Gasteiger partial charge in [-0.3, -0.25) is 4.79 Å². The van der Waals surface area contributed by atoms with Gasteiger partial charge in [0.05, 0.1) is 11.6 Å². The molecule has 4 aromatic rings. The highest BCUT2D eigenvalue weighted by molar-refractivity contribution is 5.92. The van der Waals surface area contributed by atoms with E-state index in [4.69, 9.17) is 10.1 Å². The second-order valence-electron chi connectivity index (χ2n) is 8.67. The molecule has 5 heteroatoms. The van der Waals surface area contributed by atoms with Crippen LogP contribution in [0.2, 0.25) is 0 Å². The molecule has 1 saturated heterocycles. The molecule has 1 aliphatic rings. The van der Waals surface area contributed by atoms with E-state index in [1.807, 2.05) is 29.6 Å². The fourth-order valence-corrected chi connectivity index (χ4v) is 4.91. The second-order valence-corrected chi connectivity index (χ2v) is 8.67. The van der Waals surface area contributed by atoms with E-state index < -0.39 is 0 Å². The zero-order valence-corrected chi connectivity index (χ0v) is 18.4. The summed E-state index contributed by atoms with van der Waals surface area (Å²) < 4.78 is 1.93. The minimum Gasteiger partial charge on any atom is -0.336 e. The molecule has 2 aromatic carbocycles. The normalized spacial score (nSPS) is 16.5. The first-order chi connectivity index (χ1) is 15.0. The standard InChI is InChI=1S/C26H28N4O/c1-17-10-12-20(13-11-17)24-9-6-16-29(24)25(31)15-14-21-18(2)27-26-22-7-4-5-8-23(22)28-30(26)19(21)3/h4-5,7-8,10-13,24H,6,9,14-16H2,1-3H3. The molecule has 3 heterocycles. The first kappa shape index (κ1) is 19.7. The van der Waals surface area contributed by atoms with Crippen LogP contribution in [0, 0.1) is 20.8 Å². The van der Waals surface area contributed by atoms with Gasteiger partial charge in [-0.05, 0) is 63.3 Å². The van der Waals surface area contributed by atoms with E-state index in [0.29, 0.717) is 12.8 Å². The van der Waals surface area contributed by atoms with Crippen molar-refractivity contribution in [2.45, 2.75) is 52.5 Å². The molecule has 0 spiro atoms. The van der Waals surface area contributed by atoms with Gasteiger partial charge >= 0.3 is 0 Å². The highest BCUT2D eigenvalue weighted by Crippen LogP contribution is 2.33. The van der Waals surface area contributed by atoms with Gasteiger partial charge < -0.3 is 4.90 Å². The number of aromatic nitrogens is 3. The second kappa shape index (κ2) is 7.80. The zero-order chi connectivity index (χ0) is 21.5. The number of fused-ring (bicyclic) bond motifs is 3. The monoisotopic (exact) mass is 412 g/mol. The fraction of sp³-hybridized carbons (Fsp3) is 0.346. The van der Waals surface area contributed by atoms with Gasteiger partial charge in [0, 0.05) is 29.7 Å². The van der Waals surface area contributed by atoms with Crippen LogP contribution in [0.5, 0.6) is 0 Å². The van der Waals surface area contributed by atoms with Gasteiger partial charge in [0.15, 0.2) is 5.65 Å². The molecular weight excluding hydrogens is 384 g/mol. The topological polar surface area (TPSA) is 50.5 Å². The highest BCUT2D eigenvalue weighted by Gasteiger charge is 2.29. The van der Waals surface area contributed by atoms with Gasteiger partial charge in [-0.1, -0.05) is 42.0 Å². The lowest BCUT2D eigenvalue weighted by atomic mass is 10.0. The summed E-state index contributed by atoms with van der Waals surface area (Å²) in [6.07, 6.45) is 3.29. The van der Waals surface area contributed by atoms with Crippen molar-refractivity contribution in [3.63, 3.8) is 0 Å². The lowest BCUT2D eigenvalue weighted by molar-refractivity contribution is -0.132. The third-order valence-corrected chi connectivity index (χ3v) is 6.64. The van der Waals surface area contributed by atoms with Crippen LogP contribution in [0.15, 0.2) is 48.5 Å². The average molecular weight is 413 g/mol. The van der Waals surface area contributed by atoms with Crippen LogP contribution in [0.1, 0.15) is 53.4 Å². The molecule has 1 atom stereocenters. The van der Waals surface area contributed by atoms with Crippen molar-refractivity contribution in [2.24, 2.45) is 0 Å². The number of carbonyl (C=O) groups is 1. The van der Waals surface area contributed by atoms with Crippen LogP contribution in [0.3, 0.4) is 0 Å². The molecule has 0 radical (unpaired) electrons. The predicted molar refractivity (Wildman–Crippen MR) is 123 cm³/mol. The summed E-state index contributed by atoms with van der Waals surface area (Å²) in [4.78, 5) is 20.1. The van der Waals surface area contributed by atoms with Crippen molar-refractivity contribution in [3.05, 3.63) is 76.6 Å². The predicted octanol–water partition coefficient (Wildman–Crippen LogP) is 5.10. The first-order valence-electron chi connectivity index (χ1n) is 11.1. The van der Waals surface area contributed by atoms with Gasteiger partial charge in [0.25, 0.3) is 0 Å². The summed E-state index contributed by atoms with van der Waals surface area (Å²) in [6.45, 7) is 7.06. The zero-order valence-electron chi connectivity index (χ0n) is 18.4. The number of amides is 1. The third-order valence-electron chi connectivity index (χ3n) is 6.64. The number of rotatable bonds is 4. The van der Waals surface area contributed by atoms with Gasteiger partial charge in [0.1, 0.15) is 0 Å². The van der Waals surface area contributed by atoms with E-state index in [9.17, 15) is 4.79 Å². The van der Waals surface area contributed by atoms with Crippen LogP contribution in [-0.2, 0) is 11.2 Å². The summed E-state index contributed by atoms with van der Waals surface area (Å²) in [7, 11) is 0. The molecular formula is C26H28N4O. The third kappa shape index (κ3) is 3.48. The maximum Gasteiger partial charge on any atom is 0.223 e. The van der Waals surface area contributed by atoms with Crippen molar-refractivity contribution in [1.29, 1.82) is 0 Å². The molecule has 1 unspecified atom stereocenters. The van der Waals surface area contributed by atoms with E-state index in [-0.39, 0.29) is 11.9 Å². The van der Waals surface area contributed by atoms with E-state index >= 15 is 0 Å². The minimum absolute atomic E-state index is 0.201. The molecule has 0 N–H and O–H groups in total. The van der Waals surface area contributed by atoms with Crippen LogP contribution >= 0.6 is 0 Å². The fourth-order valence-electron chi connectivity index (χ4n) is 4.91. The van der Waals surface area contributed by atoms with Crippen LogP contribution in [0.4, 0.5) is 0 Å². The van der Waals surface area contributed by atoms with Gasteiger partial charge in [-0.15, -0.1) is 0 Å².